The van der Waals surface area contributed by atoms with Crippen LogP contribution in [0.4, 0.5) is 0 Å². The lowest BCUT2D eigenvalue weighted by atomic mass is 10.2. The molecule has 0 aliphatic carbocycles. The Morgan fingerprint density at radius 3 is 2.42 bits per heavy atom. The molecule has 0 heterocycles. The first-order valence-corrected chi connectivity index (χ1v) is 6.54. The first-order valence-electron chi connectivity index (χ1n) is 5.49. The second-order valence-corrected chi connectivity index (χ2v) is 4.99. The van der Waals surface area contributed by atoms with Crippen molar-refractivity contribution >= 4 is 29.5 Å². The van der Waals surface area contributed by atoms with Crippen LogP contribution in [0.3, 0.4) is 0 Å². The summed E-state index contributed by atoms with van der Waals surface area (Å²) in [5.74, 6) is -1.90. The van der Waals surface area contributed by atoms with E-state index in [1.807, 2.05) is 0 Å². The molecule has 102 valence electrons. The molecular formula is C12H14N2O4S. The molecule has 1 aromatic rings. The van der Waals surface area contributed by atoms with Crippen molar-refractivity contribution < 1.29 is 19.5 Å². The van der Waals surface area contributed by atoms with Gasteiger partial charge in [-0.3, -0.25) is 25.2 Å². The smallest absolute Gasteiger partial charge is 0.316 e. The third kappa shape index (κ3) is 5.43. The summed E-state index contributed by atoms with van der Waals surface area (Å²) in [5.41, 5.74) is 4.90. The highest BCUT2D eigenvalue weighted by Gasteiger charge is 2.13. The summed E-state index contributed by atoms with van der Waals surface area (Å²) in [6.45, 7) is 1.49. The van der Waals surface area contributed by atoms with Crippen molar-refractivity contribution in [1.82, 2.24) is 10.9 Å². The van der Waals surface area contributed by atoms with Crippen LogP contribution in [-0.2, 0) is 9.59 Å². The van der Waals surface area contributed by atoms with E-state index < -0.39 is 23.0 Å². The first kappa shape index (κ1) is 15.0. The summed E-state index contributed by atoms with van der Waals surface area (Å²) < 4.78 is 0. The largest absolute Gasteiger partial charge is 0.480 e. The number of hydrogen-bond donors (Lipinski definition) is 3. The molecule has 1 aromatic carbocycles. The van der Waals surface area contributed by atoms with Gasteiger partial charge in [0.1, 0.15) is 0 Å². The SMILES string of the molecule is CC(SCC(=O)NNC(=O)c1ccccc1)C(=O)O. The van der Waals surface area contributed by atoms with Crippen LogP contribution >= 0.6 is 11.8 Å². The van der Waals surface area contributed by atoms with Gasteiger partial charge in [-0.2, -0.15) is 0 Å². The summed E-state index contributed by atoms with van der Waals surface area (Å²) in [4.78, 5) is 33.5. The Balaban J connectivity index is 2.31. The maximum Gasteiger partial charge on any atom is 0.316 e. The van der Waals surface area contributed by atoms with E-state index in [1.54, 1.807) is 30.3 Å². The lowest BCUT2D eigenvalue weighted by molar-refractivity contribution is -0.136. The van der Waals surface area contributed by atoms with E-state index in [2.05, 4.69) is 10.9 Å². The average molecular weight is 282 g/mol. The molecule has 0 fully saturated rings. The van der Waals surface area contributed by atoms with Crippen LogP contribution in [0.1, 0.15) is 17.3 Å². The van der Waals surface area contributed by atoms with Gasteiger partial charge in [0.25, 0.3) is 5.91 Å². The summed E-state index contributed by atoms with van der Waals surface area (Å²) in [5, 5.41) is 7.97. The van der Waals surface area contributed by atoms with Gasteiger partial charge in [0.2, 0.25) is 5.91 Å². The zero-order valence-corrected chi connectivity index (χ0v) is 11.1. The van der Waals surface area contributed by atoms with E-state index in [0.717, 1.165) is 11.8 Å². The molecular weight excluding hydrogens is 268 g/mol. The summed E-state index contributed by atoms with van der Waals surface area (Å²) >= 11 is 0.977. The average Bonchev–Trinajstić information content (AvgIpc) is 2.42. The van der Waals surface area contributed by atoms with Crippen LogP contribution in [0, 0.1) is 0 Å². The zero-order chi connectivity index (χ0) is 14.3. The van der Waals surface area contributed by atoms with Gasteiger partial charge < -0.3 is 5.11 Å². The van der Waals surface area contributed by atoms with Gasteiger partial charge in [-0.15, -0.1) is 11.8 Å². The normalized spacial score (nSPS) is 11.4. The Morgan fingerprint density at radius 2 is 1.84 bits per heavy atom. The van der Waals surface area contributed by atoms with Crippen molar-refractivity contribution in [3.05, 3.63) is 35.9 Å². The number of hydrazine groups is 1. The van der Waals surface area contributed by atoms with Gasteiger partial charge in [0, 0.05) is 5.56 Å². The van der Waals surface area contributed by atoms with Gasteiger partial charge in [0.15, 0.2) is 0 Å². The van der Waals surface area contributed by atoms with E-state index in [-0.39, 0.29) is 5.75 Å². The zero-order valence-electron chi connectivity index (χ0n) is 10.3. The predicted octanol–water partition coefficient (Wildman–Crippen LogP) is 0.654. The van der Waals surface area contributed by atoms with Crippen molar-refractivity contribution in [2.24, 2.45) is 0 Å². The Kier molecular flexibility index (Phi) is 5.87. The number of aliphatic carboxylic acids is 1. The van der Waals surface area contributed by atoms with Gasteiger partial charge >= 0.3 is 5.97 Å². The minimum Gasteiger partial charge on any atom is -0.480 e. The number of carboxylic acid groups (broad SMARTS) is 1. The standard InChI is InChI=1S/C12H14N2O4S/c1-8(12(17)18)19-7-10(15)13-14-11(16)9-5-3-2-4-6-9/h2-6,8H,7H2,1H3,(H,13,15)(H,14,16)(H,17,18). The van der Waals surface area contributed by atoms with E-state index in [4.69, 9.17) is 5.11 Å². The van der Waals surface area contributed by atoms with Crippen molar-refractivity contribution in [3.63, 3.8) is 0 Å². The molecule has 2 amide bonds. The van der Waals surface area contributed by atoms with Crippen molar-refractivity contribution in [1.29, 1.82) is 0 Å². The number of hydrogen-bond acceptors (Lipinski definition) is 4. The van der Waals surface area contributed by atoms with E-state index in [1.165, 1.54) is 6.92 Å². The molecule has 7 heteroatoms. The number of nitrogens with one attached hydrogen (secondary N) is 2. The van der Waals surface area contributed by atoms with Gasteiger partial charge in [0.05, 0.1) is 11.0 Å². The number of carbonyl (C=O) groups is 3. The molecule has 0 bridgehead atoms. The Labute approximate surface area is 114 Å². The quantitative estimate of drug-likeness (QED) is 0.689. The fraction of sp³-hybridized carbons (Fsp3) is 0.250. The van der Waals surface area contributed by atoms with Crippen molar-refractivity contribution in [3.8, 4) is 0 Å². The number of carboxylic acids is 1. The second kappa shape index (κ2) is 7.42. The second-order valence-electron chi connectivity index (χ2n) is 3.66. The summed E-state index contributed by atoms with van der Waals surface area (Å²) in [6, 6.07) is 8.42. The van der Waals surface area contributed by atoms with Crippen molar-refractivity contribution in [2.75, 3.05) is 5.75 Å². The fourth-order valence-electron chi connectivity index (χ4n) is 1.10. The first-order chi connectivity index (χ1) is 9.00. The third-order valence-corrected chi connectivity index (χ3v) is 3.29. The van der Waals surface area contributed by atoms with Gasteiger partial charge in [-0.1, -0.05) is 18.2 Å². The highest BCUT2D eigenvalue weighted by atomic mass is 32.2. The highest BCUT2D eigenvalue weighted by Crippen LogP contribution is 2.09. The van der Waals surface area contributed by atoms with E-state index in [9.17, 15) is 14.4 Å². The lowest BCUT2D eigenvalue weighted by Crippen LogP contribution is -2.42. The van der Waals surface area contributed by atoms with Crippen molar-refractivity contribution in [2.45, 2.75) is 12.2 Å². The van der Waals surface area contributed by atoms with E-state index >= 15 is 0 Å². The highest BCUT2D eigenvalue weighted by molar-refractivity contribution is 8.01. The predicted molar refractivity (Wildman–Crippen MR) is 71.6 cm³/mol. The Hall–Kier alpha value is -2.02. The number of thioether (sulfide) groups is 1. The Bertz CT molecular complexity index is 464. The number of rotatable bonds is 5. The minimum atomic E-state index is -0.980. The fourth-order valence-corrected chi connectivity index (χ4v) is 1.71. The molecule has 0 spiro atoms. The molecule has 0 aliphatic heterocycles. The molecule has 0 saturated carbocycles. The minimum absolute atomic E-state index is 0.0392. The van der Waals surface area contributed by atoms with Crippen LogP contribution in [0.15, 0.2) is 30.3 Å². The molecule has 19 heavy (non-hydrogen) atoms. The maximum atomic E-state index is 11.6. The molecule has 0 saturated heterocycles. The van der Waals surface area contributed by atoms with Gasteiger partial charge in [-0.25, -0.2) is 0 Å². The van der Waals surface area contributed by atoms with E-state index in [0.29, 0.717) is 5.56 Å². The van der Waals surface area contributed by atoms with Crippen LogP contribution < -0.4 is 10.9 Å². The Morgan fingerprint density at radius 1 is 1.21 bits per heavy atom. The van der Waals surface area contributed by atoms with Crippen LogP contribution in [0.2, 0.25) is 0 Å². The molecule has 0 aliphatic rings. The summed E-state index contributed by atoms with van der Waals surface area (Å²) in [6.07, 6.45) is 0. The molecule has 3 N–H and O–H groups in total. The molecule has 1 rings (SSSR count). The maximum absolute atomic E-state index is 11.6. The van der Waals surface area contributed by atoms with Gasteiger partial charge in [-0.05, 0) is 19.1 Å². The number of amides is 2. The number of benzene rings is 1. The monoisotopic (exact) mass is 282 g/mol. The molecule has 0 radical (unpaired) electrons. The van der Waals surface area contributed by atoms with Crippen LogP contribution in [0.25, 0.3) is 0 Å². The molecule has 1 atom stereocenters. The topological polar surface area (TPSA) is 95.5 Å². The lowest BCUT2D eigenvalue weighted by Gasteiger charge is -2.08. The molecule has 6 nitrogen and oxygen atoms in total. The molecule has 1 unspecified atom stereocenters. The summed E-state index contributed by atoms with van der Waals surface area (Å²) in [7, 11) is 0. The molecule has 0 aromatic heterocycles. The third-order valence-electron chi connectivity index (χ3n) is 2.16. The van der Waals surface area contributed by atoms with Crippen LogP contribution in [0.5, 0.6) is 0 Å². The van der Waals surface area contributed by atoms with Crippen LogP contribution in [-0.4, -0.2) is 33.9 Å². The number of carbonyl (C=O) groups excluding carboxylic acids is 2.